The minimum absolute atomic E-state index is 0.726. The third kappa shape index (κ3) is 3.94. The molecule has 0 unspecified atom stereocenters. The maximum Gasteiger partial charge on any atom is 0.0410 e. The zero-order valence-electron chi connectivity index (χ0n) is 11.0. The molecule has 0 aliphatic carbocycles. The van der Waals surface area contributed by atoms with Crippen LogP contribution in [-0.4, -0.2) is 16.4 Å². The molecular weight excluding hydrogens is 258 g/mol. The summed E-state index contributed by atoms with van der Waals surface area (Å²) >= 11 is 6.02. The fourth-order valence-electron chi connectivity index (χ4n) is 1.98. The van der Waals surface area contributed by atoms with Crippen LogP contribution in [0.25, 0.3) is 0 Å². The Labute approximate surface area is 119 Å². The number of rotatable bonds is 5. The van der Waals surface area contributed by atoms with Gasteiger partial charge in [0.1, 0.15) is 0 Å². The molecule has 1 heterocycles. The Bertz CT molecular complexity index is 528. The minimum Gasteiger partial charge on any atom is -0.398 e. The standard InChI is InChI=1S/C15H18ClN3/c1-2-19(10-12-5-7-18-8-6-12)11-13-9-14(16)3-4-15(13)17/h3-9H,2,10-11,17H2,1H3. The largest absolute Gasteiger partial charge is 0.398 e. The van der Waals surface area contributed by atoms with Gasteiger partial charge in [0.2, 0.25) is 0 Å². The Morgan fingerprint density at radius 2 is 1.89 bits per heavy atom. The summed E-state index contributed by atoms with van der Waals surface area (Å²) in [5.41, 5.74) is 9.10. The molecule has 2 N–H and O–H groups in total. The first-order chi connectivity index (χ1) is 9.19. The molecule has 0 amide bonds. The third-order valence-corrected chi connectivity index (χ3v) is 3.34. The molecule has 2 rings (SSSR count). The lowest BCUT2D eigenvalue weighted by molar-refractivity contribution is 0.272. The van der Waals surface area contributed by atoms with Crippen molar-refractivity contribution >= 4 is 17.3 Å². The van der Waals surface area contributed by atoms with Crippen molar-refractivity contribution < 1.29 is 0 Å². The van der Waals surface area contributed by atoms with Gasteiger partial charge < -0.3 is 5.73 Å². The van der Waals surface area contributed by atoms with E-state index in [0.717, 1.165) is 35.9 Å². The Kier molecular flexibility index (Phi) is 4.77. The van der Waals surface area contributed by atoms with Gasteiger partial charge in [-0.05, 0) is 48.0 Å². The second-order valence-electron chi connectivity index (χ2n) is 4.50. The van der Waals surface area contributed by atoms with E-state index in [1.54, 1.807) is 0 Å². The molecule has 19 heavy (non-hydrogen) atoms. The van der Waals surface area contributed by atoms with E-state index in [-0.39, 0.29) is 0 Å². The molecule has 0 saturated heterocycles. The number of halogens is 1. The van der Waals surface area contributed by atoms with Gasteiger partial charge in [-0.25, -0.2) is 0 Å². The second-order valence-corrected chi connectivity index (χ2v) is 4.94. The zero-order chi connectivity index (χ0) is 13.7. The number of hydrogen-bond donors (Lipinski definition) is 1. The van der Waals surface area contributed by atoms with Crippen LogP contribution in [0.2, 0.25) is 5.02 Å². The van der Waals surface area contributed by atoms with E-state index in [1.165, 1.54) is 5.56 Å². The van der Waals surface area contributed by atoms with E-state index in [2.05, 4.69) is 16.8 Å². The van der Waals surface area contributed by atoms with E-state index in [1.807, 2.05) is 42.7 Å². The Morgan fingerprint density at radius 1 is 1.16 bits per heavy atom. The number of benzene rings is 1. The molecule has 1 aromatic heterocycles. The van der Waals surface area contributed by atoms with Gasteiger partial charge in [-0.15, -0.1) is 0 Å². The summed E-state index contributed by atoms with van der Waals surface area (Å²) < 4.78 is 0. The molecule has 1 aromatic carbocycles. The van der Waals surface area contributed by atoms with Crippen LogP contribution in [0.4, 0.5) is 5.69 Å². The summed E-state index contributed by atoms with van der Waals surface area (Å²) in [6.07, 6.45) is 3.63. The maximum atomic E-state index is 6.02. The topological polar surface area (TPSA) is 42.2 Å². The molecule has 100 valence electrons. The number of nitrogen functional groups attached to an aromatic ring is 1. The van der Waals surface area contributed by atoms with Crippen LogP contribution in [-0.2, 0) is 13.1 Å². The van der Waals surface area contributed by atoms with Gasteiger partial charge in [0.25, 0.3) is 0 Å². The molecule has 2 aromatic rings. The van der Waals surface area contributed by atoms with Crippen molar-refractivity contribution in [2.75, 3.05) is 12.3 Å². The Morgan fingerprint density at radius 3 is 2.58 bits per heavy atom. The van der Waals surface area contributed by atoms with Crippen LogP contribution >= 0.6 is 11.6 Å². The van der Waals surface area contributed by atoms with Gasteiger partial charge in [-0.3, -0.25) is 9.88 Å². The van der Waals surface area contributed by atoms with Gasteiger partial charge in [0.05, 0.1) is 0 Å². The van der Waals surface area contributed by atoms with Crippen LogP contribution in [0.1, 0.15) is 18.1 Å². The van der Waals surface area contributed by atoms with Gasteiger partial charge in [-0.1, -0.05) is 18.5 Å². The fraction of sp³-hybridized carbons (Fsp3) is 0.267. The maximum absolute atomic E-state index is 6.02. The predicted octanol–water partition coefficient (Wildman–Crippen LogP) is 3.34. The average Bonchev–Trinajstić information content (AvgIpc) is 2.43. The monoisotopic (exact) mass is 275 g/mol. The van der Waals surface area contributed by atoms with E-state index in [9.17, 15) is 0 Å². The quantitative estimate of drug-likeness (QED) is 0.851. The second kappa shape index (κ2) is 6.55. The lowest BCUT2D eigenvalue weighted by Gasteiger charge is -2.21. The zero-order valence-corrected chi connectivity index (χ0v) is 11.8. The molecule has 0 radical (unpaired) electrons. The van der Waals surface area contributed by atoms with Gasteiger partial charge in [0, 0.05) is 36.2 Å². The van der Waals surface area contributed by atoms with Gasteiger partial charge in [-0.2, -0.15) is 0 Å². The van der Waals surface area contributed by atoms with E-state index >= 15 is 0 Å². The first-order valence-corrected chi connectivity index (χ1v) is 6.72. The van der Waals surface area contributed by atoms with Gasteiger partial charge >= 0.3 is 0 Å². The minimum atomic E-state index is 0.726. The van der Waals surface area contributed by atoms with Crippen LogP contribution < -0.4 is 5.73 Å². The Hall–Kier alpha value is -1.58. The van der Waals surface area contributed by atoms with Crippen LogP contribution in [0, 0.1) is 0 Å². The number of nitrogens with two attached hydrogens (primary N) is 1. The number of pyridine rings is 1. The van der Waals surface area contributed by atoms with Crippen molar-refractivity contribution in [2.24, 2.45) is 0 Å². The molecular formula is C15H18ClN3. The Balaban J connectivity index is 2.09. The smallest absolute Gasteiger partial charge is 0.0410 e. The average molecular weight is 276 g/mol. The highest BCUT2D eigenvalue weighted by Crippen LogP contribution is 2.20. The fourth-order valence-corrected chi connectivity index (χ4v) is 2.17. The van der Waals surface area contributed by atoms with Crippen LogP contribution in [0.15, 0.2) is 42.7 Å². The van der Waals surface area contributed by atoms with Crippen LogP contribution in [0.5, 0.6) is 0 Å². The summed E-state index contributed by atoms with van der Waals surface area (Å²) in [6.45, 7) is 4.77. The van der Waals surface area contributed by atoms with E-state index in [4.69, 9.17) is 17.3 Å². The molecule has 3 nitrogen and oxygen atoms in total. The van der Waals surface area contributed by atoms with Crippen molar-refractivity contribution in [2.45, 2.75) is 20.0 Å². The summed E-state index contributed by atoms with van der Waals surface area (Å²) in [4.78, 5) is 6.35. The SMILES string of the molecule is CCN(Cc1ccncc1)Cc1cc(Cl)ccc1N. The molecule has 0 bridgehead atoms. The molecule has 0 fully saturated rings. The van der Waals surface area contributed by atoms with Crippen molar-refractivity contribution in [3.63, 3.8) is 0 Å². The highest BCUT2D eigenvalue weighted by molar-refractivity contribution is 6.30. The molecule has 0 spiro atoms. The lowest BCUT2D eigenvalue weighted by Crippen LogP contribution is -2.22. The molecule has 0 saturated carbocycles. The molecule has 0 aliphatic rings. The van der Waals surface area contributed by atoms with Crippen molar-refractivity contribution in [1.29, 1.82) is 0 Å². The van der Waals surface area contributed by atoms with E-state index < -0.39 is 0 Å². The summed E-state index contributed by atoms with van der Waals surface area (Å²) in [5, 5.41) is 0.726. The number of anilines is 1. The normalized spacial score (nSPS) is 10.9. The van der Waals surface area contributed by atoms with Crippen molar-refractivity contribution in [1.82, 2.24) is 9.88 Å². The first-order valence-electron chi connectivity index (χ1n) is 6.34. The van der Waals surface area contributed by atoms with Gasteiger partial charge in [0.15, 0.2) is 0 Å². The first kappa shape index (κ1) is 13.8. The van der Waals surface area contributed by atoms with Crippen LogP contribution in [0.3, 0.4) is 0 Å². The number of hydrogen-bond acceptors (Lipinski definition) is 3. The lowest BCUT2D eigenvalue weighted by atomic mass is 10.1. The summed E-state index contributed by atoms with van der Waals surface area (Å²) in [5.74, 6) is 0. The van der Waals surface area contributed by atoms with Crippen molar-refractivity contribution in [3.05, 3.63) is 58.9 Å². The highest BCUT2D eigenvalue weighted by atomic mass is 35.5. The number of aromatic nitrogens is 1. The van der Waals surface area contributed by atoms with E-state index in [0.29, 0.717) is 0 Å². The summed E-state index contributed by atoms with van der Waals surface area (Å²) in [6, 6.07) is 9.68. The molecule has 0 atom stereocenters. The van der Waals surface area contributed by atoms with Crippen molar-refractivity contribution in [3.8, 4) is 0 Å². The summed E-state index contributed by atoms with van der Waals surface area (Å²) in [7, 11) is 0. The third-order valence-electron chi connectivity index (χ3n) is 3.10. The predicted molar refractivity (Wildman–Crippen MR) is 79.9 cm³/mol. The highest BCUT2D eigenvalue weighted by Gasteiger charge is 2.08. The number of nitrogens with zero attached hydrogens (tertiary/aromatic N) is 2. The molecule has 0 aliphatic heterocycles. The molecule has 4 heteroatoms.